The molecule has 0 bridgehead atoms. The van der Waals surface area contributed by atoms with E-state index in [1.54, 1.807) is 7.11 Å². The Labute approximate surface area is 128 Å². The van der Waals surface area contributed by atoms with Gasteiger partial charge in [-0.25, -0.2) is 0 Å². The van der Waals surface area contributed by atoms with Crippen LogP contribution in [0, 0.1) is 0 Å². The highest BCUT2D eigenvalue weighted by molar-refractivity contribution is 5.30. The van der Waals surface area contributed by atoms with Crippen LogP contribution in [0.2, 0.25) is 0 Å². The molecule has 21 heavy (non-hydrogen) atoms. The predicted molar refractivity (Wildman–Crippen MR) is 85.7 cm³/mol. The maximum absolute atomic E-state index is 5.58. The van der Waals surface area contributed by atoms with Gasteiger partial charge in [0.2, 0.25) is 0 Å². The Morgan fingerprint density at radius 3 is 2.38 bits per heavy atom. The van der Waals surface area contributed by atoms with Gasteiger partial charge in [0.1, 0.15) is 5.75 Å². The van der Waals surface area contributed by atoms with E-state index in [1.165, 1.54) is 5.56 Å². The van der Waals surface area contributed by atoms with E-state index < -0.39 is 0 Å². The number of hydrogen-bond acceptors (Lipinski definition) is 4. The van der Waals surface area contributed by atoms with Gasteiger partial charge in [-0.1, -0.05) is 25.5 Å². The summed E-state index contributed by atoms with van der Waals surface area (Å²) in [6.45, 7) is 8.16. The molecule has 0 fully saturated rings. The normalized spacial score (nSPS) is 12.6. The fraction of sp³-hybridized carbons (Fsp3) is 0.647. The van der Waals surface area contributed by atoms with Gasteiger partial charge in [-0.15, -0.1) is 0 Å². The molecule has 1 atom stereocenters. The topological polar surface area (TPSA) is 39.7 Å². The van der Waals surface area contributed by atoms with Crippen molar-refractivity contribution in [3.63, 3.8) is 0 Å². The smallest absolute Gasteiger partial charge is 0.169 e. The monoisotopic (exact) mass is 295 g/mol. The number of nitrogens with one attached hydrogen (secondary N) is 1. The molecule has 0 amide bonds. The van der Waals surface area contributed by atoms with Crippen molar-refractivity contribution in [1.29, 1.82) is 0 Å². The van der Waals surface area contributed by atoms with E-state index in [9.17, 15) is 0 Å². The molecule has 1 N–H and O–H groups in total. The lowest BCUT2D eigenvalue weighted by Crippen LogP contribution is -2.34. The molecule has 0 spiro atoms. The van der Waals surface area contributed by atoms with Crippen molar-refractivity contribution in [1.82, 2.24) is 5.32 Å². The van der Waals surface area contributed by atoms with E-state index in [4.69, 9.17) is 14.2 Å². The molecule has 1 aromatic carbocycles. The zero-order valence-electron chi connectivity index (χ0n) is 13.7. The summed E-state index contributed by atoms with van der Waals surface area (Å²) in [5.74, 6) is 0.890. The first-order valence-electron chi connectivity index (χ1n) is 7.85. The van der Waals surface area contributed by atoms with E-state index in [1.807, 2.05) is 26.0 Å². The third-order valence-electron chi connectivity index (χ3n) is 3.31. The van der Waals surface area contributed by atoms with Crippen molar-refractivity contribution >= 4 is 0 Å². The van der Waals surface area contributed by atoms with Crippen LogP contribution in [0.1, 0.15) is 45.2 Å². The molecule has 4 nitrogen and oxygen atoms in total. The molecule has 0 saturated carbocycles. The molecule has 1 aromatic rings. The Bertz CT molecular complexity index is 378. The summed E-state index contributed by atoms with van der Waals surface area (Å²) in [5.41, 5.74) is 1.24. The van der Waals surface area contributed by atoms with E-state index in [0.29, 0.717) is 19.8 Å². The summed E-state index contributed by atoms with van der Waals surface area (Å²) in [4.78, 5) is 0. The first kappa shape index (κ1) is 18.0. The van der Waals surface area contributed by atoms with Gasteiger partial charge in [0.15, 0.2) is 6.29 Å². The van der Waals surface area contributed by atoms with Crippen LogP contribution < -0.4 is 10.1 Å². The molecule has 0 heterocycles. The quantitative estimate of drug-likeness (QED) is 0.634. The van der Waals surface area contributed by atoms with Crippen molar-refractivity contribution < 1.29 is 14.2 Å². The Hall–Kier alpha value is -1.10. The van der Waals surface area contributed by atoms with Gasteiger partial charge in [-0.05, 0) is 38.0 Å². The van der Waals surface area contributed by atoms with E-state index in [0.717, 1.165) is 18.6 Å². The minimum Gasteiger partial charge on any atom is -0.497 e. The van der Waals surface area contributed by atoms with Gasteiger partial charge in [-0.3, -0.25) is 0 Å². The minimum absolute atomic E-state index is 0.190. The SMILES string of the molecule is CCCC(NCC(OCC)OCC)c1cccc(OC)c1. The molecule has 0 aliphatic heterocycles. The van der Waals surface area contributed by atoms with Crippen LogP contribution in [0.3, 0.4) is 0 Å². The molecule has 0 aliphatic rings. The zero-order valence-corrected chi connectivity index (χ0v) is 13.7. The van der Waals surface area contributed by atoms with Crippen LogP contribution in [-0.4, -0.2) is 33.2 Å². The lowest BCUT2D eigenvalue weighted by atomic mass is 10.0. The van der Waals surface area contributed by atoms with E-state index >= 15 is 0 Å². The predicted octanol–water partition coefficient (Wildman–Crippen LogP) is 3.53. The van der Waals surface area contributed by atoms with Crippen LogP contribution in [0.5, 0.6) is 5.75 Å². The molecular weight excluding hydrogens is 266 g/mol. The number of rotatable bonds is 11. The largest absolute Gasteiger partial charge is 0.497 e. The molecule has 120 valence electrons. The molecule has 1 rings (SSSR count). The van der Waals surface area contributed by atoms with Crippen LogP contribution in [0.25, 0.3) is 0 Å². The number of methoxy groups -OCH3 is 1. The van der Waals surface area contributed by atoms with Gasteiger partial charge < -0.3 is 19.5 Å². The summed E-state index contributed by atoms with van der Waals surface area (Å²) in [6, 6.07) is 8.50. The van der Waals surface area contributed by atoms with Gasteiger partial charge in [0, 0.05) is 25.8 Å². The fourth-order valence-corrected chi connectivity index (χ4v) is 2.31. The molecule has 4 heteroatoms. The van der Waals surface area contributed by atoms with Crippen molar-refractivity contribution in [2.75, 3.05) is 26.9 Å². The van der Waals surface area contributed by atoms with Crippen molar-refractivity contribution in [3.05, 3.63) is 29.8 Å². The first-order chi connectivity index (χ1) is 10.2. The summed E-state index contributed by atoms with van der Waals surface area (Å²) in [5, 5.41) is 3.55. The van der Waals surface area contributed by atoms with E-state index in [-0.39, 0.29) is 12.3 Å². The number of ether oxygens (including phenoxy) is 3. The van der Waals surface area contributed by atoms with Gasteiger partial charge in [0.25, 0.3) is 0 Å². The highest BCUT2D eigenvalue weighted by atomic mass is 16.7. The second-order valence-corrected chi connectivity index (χ2v) is 4.87. The summed E-state index contributed by atoms with van der Waals surface area (Å²) < 4.78 is 16.5. The molecule has 0 saturated heterocycles. The third kappa shape index (κ3) is 6.46. The van der Waals surface area contributed by atoms with Crippen molar-refractivity contribution in [2.24, 2.45) is 0 Å². The lowest BCUT2D eigenvalue weighted by Gasteiger charge is -2.23. The first-order valence-corrected chi connectivity index (χ1v) is 7.85. The summed E-state index contributed by atoms with van der Waals surface area (Å²) in [6.07, 6.45) is 1.99. The molecule has 0 aromatic heterocycles. The van der Waals surface area contributed by atoms with Gasteiger partial charge in [-0.2, -0.15) is 0 Å². The Balaban J connectivity index is 2.67. The van der Waals surface area contributed by atoms with Crippen molar-refractivity contribution in [2.45, 2.75) is 45.9 Å². The van der Waals surface area contributed by atoms with Crippen LogP contribution in [0.4, 0.5) is 0 Å². The highest BCUT2D eigenvalue weighted by Crippen LogP contribution is 2.22. The minimum atomic E-state index is -0.190. The standard InChI is InChI=1S/C17H29NO3/c1-5-9-16(14-10-8-11-15(12-14)19-4)18-13-17(20-6-2)21-7-3/h8,10-12,16-18H,5-7,9,13H2,1-4H3. The maximum Gasteiger partial charge on any atom is 0.169 e. The second kappa shape index (κ2) is 10.6. The number of hydrogen-bond donors (Lipinski definition) is 1. The average molecular weight is 295 g/mol. The maximum atomic E-state index is 5.58. The molecule has 0 aliphatic carbocycles. The molecular formula is C17H29NO3. The average Bonchev–Trinajstić information content (AvgIpc) is 2.51. The van der Waals surface area contributed by atoms with E-state index in [2.05, 4.69) is 24.4 Å². The number of benzene rings is 1. The second-order valence-electron chi connectivity index (χ2n) is 4.87. The van der Waals surface area contributed by atoms with Crippen LogP contribution >= 0.6 is 0 Å². The van der Waals surface area contributed by atoms with Gasteiger partial charge >= 0.3 is 0 Å². The Morgan fingerprint density at radius 1 is 1.10 bits per heavy atom. The highest BCUT2D eigenvalue weighted by Gasteiger charge is 2.14. The Morgan fingerprint density at radius 2 is 1.81 bits per heavy atom. The van der Waals surface area contributed by atoms with Crippen molar-refractivity contribution in [3.8, 4) is 5.75 Å². The molecule has 1 unspecified atom stereocenters. The van der Waals surface area contributed by atoms with Crippen LogP contribution in [0.15, 0.2) is 24.3 Å². The van der Waals surface area contributed by atoms with Gasteiger partial charge in [0.05, 0.1) is 7.11 Å². The summed E-state index contributed by atoms with van der Waals surface area (Å²) in [7, 11) is 1.70. The van der Waals surface area contributed by atoms with Crippen LogP contribution in [-0.2, 0) is 9.47 Å². The molecule has 0 radical (unpaired) electrons. The zero-order chi connectivity index (χ0) is 15.5. The lowest BCUT2D eigenvalue weighted by molar-refractivity contribution is -0.133. The summed E-state index contributed by atoms with van der Waals surface area (Å²) >= 11 is 0. The fourth-order valence-electron chi connectivity index (χ4n) is 2.31. The Kier molecular flexibility index (Phi) is 9.06. The third-order valence-corrected chi connectivity index (χ3v) is 3.31.